The van der Waals surface area contributed by atoms with Crippen LogP contribution in [0.3, 0.4) is 0 Å². The molecule has 2 heterocycles. The Morgan fingerprint density at radius 2 is 2.14 bits per heavy atom. The predicted molar refractivity (Wildman–Crippen MR) is 86.4 cm³/mol. The van der Waals surface area contributed by atoms with Gasteiger partial charge in [-0.1, -0.05) is 0 Å². The van der Waals surface area contributed by atoms with Crippen LogP contribution in [0.15, 0.2) is 16.8 Å². The van der Waals surface area contributed by atoms with Gasteiger partial charge in [0.2, 0.25) is 5.91 Å². The summed E-state index contributed by atoms with van der Waals surface area (Å²) in [6.45, 7) is 8.80. The average molecular weight is 307 g/mol. The number of piperazine rings is 1. The number of carbonyl (C=O) groups excluding carboxylic acids is 1. The molecule has 4 nitrogen and oxygen atoms in total. The molecule has 1 aliphatic carbocycles. The van der Waals surface area contributed by atoms with Crippen molar-refractivity contribution in [3.05, 3.63) is 22.4 Å². The first kappa shape index (κ1) is 15.0. The van der Waals surface area contributed by atoms with Crippen molar-refractivity contribution in [3.8, 4) is 0 Å². The summed E-state index contributed by atoms with van der Waals surface area (Å²) in [6.07, 6.45) is 2.32. The van der Waals surface area contributed by atoms with E-state index >= 15 is 0 Å². The molecule has 1 saturated heterocycles. The number of hydrogen-bond acceptors (Lipinski definition) is 4. The number of hydrogen-bond donors (Lipinski definition) is 1. The molecule has 0 atom stereocenters. The minimum Gasteiger partial charge on any atom is -0.334 e. The summed E-state index contributed by atoms with van der Waals surface area (Å²) in [6, 6.07) is 2.59. The zero-order valence-electron chi connectivity index (χ0n) is 13.0. The van der Waals surface area contributed by atoms with Crippen LogP contribution in [-0.2, 0) is 11.3 Å². The molecule has 116 valence electrons. The Labute approximate surface area is 131 Å². The molecule has 1 amide bonds. The fraction of sp³-hybridized carbons (Fsp3) is 0.688. The molecule has 0 spiro atoms. The maximum absolute atomic E-state index is 13.1. The zero-order valence-corrected chi connectivity index (χ0v) is 13.8. The molecule has 1 aliphatic heterocycles. The third-order valence-electron chi connectivity index (χ3n) is 4.61. The Morgan fingerprint density at radius 3 is 2.71 bits per heavy atom. The predicted octanol–water partition coefficient (Wildman–Crippen LogP) is 1.92. The standard InChI is InChI=1S/C16H25N3OS/c1-16(2,18-8-6-17-7-9-18)15(20)19(14-3-4-14)11-13-5-10-21-12-13/h5,10,12,14,17H,3-4,6-9,11H2,1-2H3. The minimum absolute atomic E-state index is 0.290. The molecule has 0 aromatic carbocycles. The van der Waals surface area contributed by atoms with E-state index in [0.717, 1.165) is 45.6 Å². The molecule has 0 radical (unpaired) electrons. The highest BCUT2D eigenvalue weighted by atomic mass is 32.1. The lowest BCUT2D eigenvalue weighted by molar-refractivity contribution is -0.144. The van der Waals surface area contributed by atoms with Gasteiger partial charge in [0.25, 0.3) is 0 Å². The molecule has 0 unspecified atom stereocenters. The Morgan fingerprint density at radius 1 is 1.43 bits per heavy atom. The van der Waals surface area contributed by atoms with Crippen molar-refractivity contribution in [3.63, 3.8) is 0 Å². The second kappa shape index (κ2) is 6.07. The van der Waals surface area contributed by atoms with E-state index in [-0.39, 0.29) is 5.91 Å². The molecule has 2 aliphatic rings. The number of nitrogens with zero attached hydrogens (tertiary/aromatic N) is 2. The topological polar surface area (TPSA) is 35.6 Å². The summed E-state index contributed by atoms with van der Waals surface area (Å²) < 4.78 is 0. The van der Waals surface area contributed by atoms with Gasteiger partial charge in [-0.3, -0.25) is 9.69 Å². The van der Waals surface area contributed by atoms with Gasteiger partial charge in [0.05, 0.1) is 5.54 Å². The van der Waals surface area contributed by atoms with Gasteiger partial charge in [-0.05, 0) is 49.1 Å². The van der Waals surface area contributed by atoms with Crippen molar-refractivity contribution < 1.29 is 4.79 Å². The fourth-order valence-corrected chi connectivity index (χ4v) is 3.70. The maximum Gasteiger partial charge on any atom is 0.243 e. The van der Waals surface area contributed by atoms with Gasteiger partial charge in [0.1, 0.15) is 0 Å². The van der Waals surface area contributed by atoms with E-state index in [1.165, 1.54) is 5.56 Å². The Hall–Kier alpha value is -0.910. The van der Waals surface area contributed by atoms with Gasteiger partial charge in [-0.25, -0.2) is 0 Å². The van der Waals surface area contributed by atoms with Crippen molar-refractivity contribution in [2.45, 2.75) is 44.8 Å². The van der Waals surface area contributed by atoms with E-state index in [9.17, 15) is 4.79 Å². The smallest absolute Gasteiger partial charge is 0.243 e. The van der Waals surface area contributed by atoms with E-state index in [0.29, 0.717) is 6.04 Å². The fourth-order valence-electron chi connectivity index (χ4n) is 3.04. The number of thiophene rings is 1. The molecule has 2 fully saturated rings. The average Bonchev–Trinajstić information content (AvgIpc) is 3.21. The molecule has 1 saturated carbocycles. The normalized spacial score (nSPS) is 20.5. The van der Waals surface area contributed by atoms with Crippen LogP contribution in [0.25, 0.3) is 0 Å². The summed E-state index contributed by atoms with van der Waals surface area (Å²) in [7, 11) is 0. The first-order chi connectivity index (χ1) is 10.1. The third kappa shape index (κ3) is 3.30. The van der Waals surface area contributed by atoms with Crippen LogP contribution < -0.4 is 5.32 Å². The van der Waals surface area contributed by atoms with Crippen LogP contribution in [0.1, 0.15) is 32.3 Å². The molecule has 0 bridgehead atoms. The molecule has 1 N–H and O–H groups in total. The van der Waals surface area contributed by atoms with Crippen LogP contribution in [0.2, 0.25) is 0 Å². The largest absolute Gasteiger partial charge is 0.334 e. The lowest BCUT2D eigenvalue weighted by Crippen LogP contribution is -2.60. The zero-order chi connectivity index (χ0) is 14.9. The number of amides is 1. The quantitative estimate of drug-likeness (QED) is 0.903. The first-order valence-electron chi connectivity index (χ1n) is 7.87. The van der Waals surface area contributed by atoms with Crippen LogP contribution in [-0.4, -0.2) is 53.5 Å². The Kier molecular flexibility index (Phi) is 4.33. The molecule has 1 aromatic heterocycles. The highest BCUT2D eigenvalue weighted by Crippen LogP contribution is 2.32. The van der Waals surface area contributed by atoms with E-state index < -0.39 is 5.54 Å². The molecule has 5 heteroatoms. The Balaban J connectivity index is 1.73. The van der Waals surface area contributed by atoms with E-state index in [1.807, 2.05) is 0 Å². The molecule has 3 rings (SSSR count). The van der Waals surface area contributed by atoms with Crippen LogP contribution in [0, 0.1) is 0 Å². The lowest BCUT2D eigenvalue weighted by Gasteiger charge is -2.42. The molecule has 21 heavy (non-hydrogen) atoms. The third-order valence-corrected chi connectivity index (χ3v) is 5.34. The molecular weight excluding hydrogens is 282 g/mol. The number of rotatable bonds is 5. The van der Waals surface area contributed by atoms with Crippen molar-refractivity contribution in [1.82, 2.24) is 15.1 Å². The van der Waals surface area contributed by atoms with Crippen molar-refractivity contribution in [1.29, 1.82) is 0 Å². The van der Waals surface area contributed by atoms with Crippen molar-refractivity contribution >= 4 is 17.2 Å². The summed E-state index contributed by atoms with van der Waals surface area (Å²) in [5.74, 6) is 0.290. The van der Waals surface area contributed by atoms with Gasteiger partial charge in [-0.2, -0.15) is 11.3 Å². The highest BCUT2D eigenvalue weighted by Gasteiger charge is 2.42. The highest BCUT2D eigenvalue weighted by molar-refractivity contribution is 7.07. The summed E-state index contributed by atoms with van der Waals surface area (Å²) >= 11 is 1.70. The summed E-state index contributed by atoms with van der Waals surface area (Å²) in [4.78, 5) is 17.6. The van der Waals surface area contributed by atoms with Crippen LogP contribution in [0.4, 0.5) is 0 Å². The van der Waals surface area contributed by atoms with Gasteiger partial charge >= 0.3 is 0 Å². The number of nitrogens with one attached hydrogen (secondary N) is 1. The van der Waals surface area contributed by atoms with Gasteiger partial charge in [-0.15, -0.1) is 0 Å². The summed E-state index contributed by atoms with van der Waals surface area (Å²) in [5, 5.41) is 7.60. The van der Waals surface area contributed by atoms with Gasteiger partial charge in [0, 0.05) is 38.8 Å². The van der Waals surface area contributed by atoms with Crippen LogP contribution in [0.5, 0.6) is 0 Å². The van der Waals surface area contributed by atoms with Gasteiger partial charge in [0.15, 0.2) is 0 Å². The minimum atomic E-state index is -0.402. The second-order valence-electron chi connectivity index (χ2n) is 6.59. The molecule has 1 aromatic rings. The SMILES string of the molecule is CC(C)(C(=O)N(Cc1ccsc1)C1CC1)N1CCNCC1. The second-order valence-corrected chi connectivity index (χ2v) is 7.37. The van der Waals surface area contributed by atoms with Crippen LogP contribution >= 0.6 is 11.3 Å². The monoisotopic (exact) mass is 307 g/mol. The van der Waals surface area contributed by atoms with E-state index in [4.69, 9.17) is 0 Å². The maximum atomic E-state index is 13.1. The summed E-state index contributed by atoms with van der Waals surface area (Å²) in [5.41, 5.74) is 0.858. The first-order valence-corrected chi connectivity index (χ1v) is 8.81. The van der Waals surface area contributed by atoms with Gasteiger partial charge < -0.3 is 10.2 Å². The van der Waals surface area contributed by atoms with E-state index in [2.05, 4.69) is 45.8 Å². The number of carbonyl (C=O) groups is 1. The van der Waals surface area contributed by atoms with Crippen molar-refractivity contribution in [2.75, 3.05) is 26.2 Å². The van der Waals surface area contributed by atoms with Crippen molar-refractivity contribution in [2.24, 2.45) is 0 Å². The Bertz CT molecular complexity index is 476. The lowest BCUT2D eigenvalue weighted by atomic mass is 9.99. The molecular formula is C16H25N3OS. The van der Waals surface area contributed by atoms with E-state index in [1.54, 1.807) is 11.3 Å².